The van der Waals surface area contributed by atoms with Gasteiger partial charge in [-0.3, -0.25) is 25.2 Å². The fourth-order valence-corrected chi connectivity index (χ4v) is 4.49. The molecule has 7 heteroatoms. The molecule has 3 rings (SSSR count). The molecule has 1 aliphatic carbocycles. The van der Waals surface area contributed by atoms with Gasteiger partial charge in [-0.25, -0.2) is 0 Å². The Kier molecular flexibility index (Phi) is 6.46. The lowest BCUT2D eigenvalue weighted by molar-refractivity contribution is -0.121. The Bertz CT molecular complexity index is 874. The van der Waals surface area contributed by atoms with Crippen LogP contribution in [0.4, 0.5) is 5.69 Å². The fourth-order valence-electron chi connectivity index (χ4n) is 3.39. The van der Waals surface area contributed by atoms with Gasteiger partial charge in [-0.1, -0.05) is 25.5 Å². The summed E-state index contributed by atoms with van der Waals surface area (Å²) in [6.45, 7) is 3.65. The monoisotopic (exact) mass is 399 g/mol. The van der Waals surface area contributed by atoms with Crippen molar-refractivity contribution in [3.05, 3.63) is 51.2 Å². The van der Waals surface area contributed by atoms with Crippen molar-refractivity contribution in [3.63, 3.8) is 0 Å². The Morgan fingerprint density at radius 3 is 2.57 bits per heavy atom. The number of nitrogens with one attached hydrogen (secondary N) is 3. The van der Waals surface area contributed by atoms with E-state index in [0.717, 1.165) is 18.4 Å². The largest absolute Gasteiger partial charge is 0.326 e. The zero-order valence-electron chi connectivity index (χ0n) is 16.1. The van der Waals surface area contributed by atoms with Gasteiger partial charge in [0.2, 0.25) is 11.8 Å². The average Bonchev–Trinajstić information content (AvgIpc) is 3.10. The van der Waals surface area contributed by atoms with Crippen LogP contribution in [0.1, 0.15) is 52.4 Å². The Morgan fingerprint density at radius 1 is 1.14 bits per heavy atom. The number of thiophene rings is 1. The number of carbonyl (C=O) groups excluding carboxylic acids is 3. The molecule has 0 unspecified atom stereocenters. The molecule has 1 aromatic carbocycles. The molecule has 0 spiro atoms. The van der Waals surface area contributed by atoms with E-state index in [1.54, 1.807) is 24.3 Å². The van der Waals surface area contributed by atoms with Crippen molar-refractivity contribution in [1.29, 1.82) is 0 Å². The number of hydrazine groups is 1. The van der Waals surface area contributed by atoms with E-state index < -0.39 is 0 Å². The molecule has 2 aromatic rings. The molecule has 0 aliphatic heterocycles. The number of aryl methyl sites for hydroxylation is 1. The maximum absolute atomic E-state index is 12.4. The summed E-state index contributed by atoms with van der Waals surface area (Å²) in [5.74, 6) is -0.0155. The van der Waals surface area contributed by atoms with Crippen LogP contribution in [0.25, 0.3) is 0 Å². The highest BCUT2D eigenvalue weighted by molar-refractivity contribution is 7.14. The van der Waals surface area contributed by atoms with Crippen molar-refractivity contribution in [1.82, 2.24) is 10.9 Å². The molecule has 3 N–H and O–H groups in total. The van der Waals surface area contributed by atoms with Gasteiger partial charge in [-0.2, -0.15) is 0 Å². The number of anilines is 1. The number of hydrogen-bond donors (Lipinski definition) is 3. The van der Waals surface area contributed by atoms with E-state index in [1.807, 2.05) is 6.07 Å². The summed E-state index contributed by atoms with van der Waals surface area (Å²) in [6.07, 6.45) is 4.56. The van der Waals surface area contributed by atoms with Crippen molar-refractivity contribution >= 4 is 34.7 Å². The third-order valence-corrected chi connectivity index (χ3v) is 6.18. The Morgan fingerprint density at radius 2 is 1.89 bits per heavy atom. The Labute approximate surface area is 168 Å². The zero-order chi connectivity index (χ0) is 20.1. The molecule has 28 heavy (non-hydrogen) atoms. The molecule has 148 valence electrons. The van der Waals surface area contributed by atoms with Crippen LogP contribution in [-0.4, -0.2) is 17.7 Å². The SMILES string of the molecule is CC[C@H]1CCc2sc(C(=O)NNC(=O)Cc3ccc(NC(C)=O)cc3)cc2C1. The third kappa shape index (κ3) is 5.19. The molecule has 0 saturated heterocycles. The molecular weight excluding hydrogens is 374 g/mol. The average molecular weight is 400 g/mol. The van der Waals surface area contributed by atoms with E-state index in [4.69, 9.17) is 0 Å². The van der Waals surface area contributed by atoms with Crippen LogP contribution in [0.2, 0.25) is 0 Å². The van der Waals surface area contributed by atoms with Gasteiger partial charge in [0.15, 0.2) is 0 Å². The van der Waals surface area contributed by atoms with Crippen molar-refractivity contribution in [2.45, 2.75) is 46.0 Å². The summed E-state index contributed by atoms with van der Waals surface area (Å²) in [5.41, 5.74) is 7.73. The quantitative estimate of drug-likeness (QED) is 0.675. The number of carbonyl (C=O) groups is 3. The summed E-state index contributed by atoms with van der Waals surface area (Å²) in [7, 11) is 0. The van der Waals surface area contributed by atoms with Gasteiger partial charge >= 0.3 is 0 Å². The lowest BCUT2D eigenvalue weighted by Crippen LogP contribution is -2.42. The highest BCUT2D eigenvalue weighted by atomic mass is 32.1. The van der Waals surface area contributed by atoms with Crippen molar-refractivity contribution in [2.75, 3.05) is 5.32 Å². The summed E-state index contributed by atoms with van der Waals surface area (Å²) < 4.78 is 0. The van der Waals surface area contributed by atoms with Gasteiger partial charge in [0, 0.05) is 17.5 Å². The normalized spacial score (nSPS) is 15.4. The zero-order valence-corrected chi connectivity index (χ0v) is 16.9. The second kappa shape index (κ2) is 9.01. The van der Waals surface area contributed by atoms with Gasteiger partial charge < -0.3 is 5.32 Å². The summed E-state index contributed by atoms with van der Waals surface area (Å²) in [4.78, 5) is 37.4. The van der Waals surface area contributed by atoms with E-state index >= 15 is 0 Å². The molecule has 1 aliphatic rings. The number of benzene rings is 1. The van der Waals surface area contributed by atoms with E-state index in [1.165, 1.54) is 41.5 Å². The second-order valence-electron chi connectivity index (χ2n) is 7.13. The fraction of sp³-hybridized carbons (Fsp3) is 0.381. The summed E-state index contributed by atoms with van der Waals surface area (Å²) in [5, 5.41) is 2.68. The van der Waals surface area contributed by atoms with E-state index in [9.17, 15) is 14.4 Å². The van der Waals surface area contributed by atoms with Crippen LogP contribution >= 0.6 is 11.3 Å². The van der Waals surface area contributed by atoms with E-state index in [-0.39, 0.29) is 24.1 Å². The Hall–Kier alpha value is -2.67. The van der Waals surface area contributed by atoms with Crippen LogP contribution in [-0.2, 0) is 28.9 Å². The molecule has 0 fully saturated rings. The van der Waals surface area contributed by atoms with Crippen LogP contribution in [0.15, 0.2) is 30.3 Å². The summed E-state index contributed by atoms with van der Waals surface area (Å²) in [6, 6.07) is 8.98. The number of fused-ring (bicyclic) bond motifs is 1. The van der Waals surface area contributed by atoms with Gasteiger partial charge in [0.25, 0.3) is 5.91 Å². The topological polar surface area (TPSA) is 87.3 Å². The minimum absolute atomic E-state index is 0.139. The van der Waals surface area contributed by atoms with Crippen LogP contribution < -0.4 is 16.2 Å². The first-order valence-corrected chi connectivity index (χ1v) is 10.3. The lowest BCUT2D eigenvalue weighted by Gasteiger charge is -2.19. The predicted molar refractivity (Wildman–Crippen MR) is 110 cm³/mol. The molecule has 1 aromatic heterocycles. The van der Waals surface area contributed by atoms with Gasteiger partial charge in [0.1, 0.15) is 0 Å². The number of amides is 3. The summed E-state index contributed by atoms with van der Waals surface area (Å²) >= 11 is 1.52. The van der Waals surface area contributed by atoms with Crippen LogP contribution in [0.5, 0.6) is 0 Å². The first kappa shape index (κ1) is 20.1. The molecular formula is C21H25N3O3S. The highest BCUT2D eigenvalue weighted by Gasteiger charge is 2.22. The maximum atomic E-state index is 12.4. The van der Waals surface area contributed by atoms with Crippen LogP contribution in [0, 0.1) is 5.92 Å². The standard InChI is InChI=1S/C21H25N3O3S/c1-3-14-6-9-18-16(10-14)12-19(28-18)21(27)24-23-20(26)11-15-4-7-17(8-5-15)22-13(2)25/h4-5,7-8,12,14H,3,6,9-11H2,1-2H3,(H,22,25)(H,23,26)(H,24,27)/t14-/m0/s1. The molecule has 3 amide bonds. The smallest absolute Gasteiger partial charge is 0.279 e. The van der Waals surface area contributed by atoms with Crippen molar-refractivity contribution in [3.8, 4) is 0 Å². The third-order valence-electron chi connectivity index (χ3n) is 4.94. The van der Waals surface area contributed by atoms with E-state index in [2.05, 4.69) is 23.1 Å². The minimum Gasteiger partial charge on any atom is -0.326 e. The van der Waals surface area contributed by atoms with Crippen molar-refractivity contribution < 1.29 is 14.4 Å². The molecule has 0 saturated carbocycles. The molecule has 1 atom stereocenters. The van der Waals surface area contributed by atoms with Gasteiger partial charge in [-0.05, 0) is 54.5 Å². The lowest BCUT2D eigenvalue weighted by atomic mass is 9.87. The second-order valence-corrected chi connectivity index (χ2v) is 8.27. The predicted octanol–water partition coefficient (Wildman–Crippen LogP) is 3.23. The Balaban J connectivity index is 1.50. The van der Waals surface area contributed by atoms with Gasteiger partial charge in [0.05, 0.1) is 11.3 Å². The molecule has 0 radical (unpaired) electrons. The first-order valence-electron chi connectivity index (χ1n) is 9.52. The van der Waals surface area contributed by atoms with Crippen LogP contribution in [0.3, 0.4) is 0 Å². The highest BCUT2D eigenvalue weighted by Crippen LogP contribution is 2.33. The first-order chi connectivity index (χ1) is 13.4. The number of hydrogen-bond acceptors (Lipinski definition) is 4. The number of rotatable bonds is 5. The molecule has 1 heterocycles. The van der Waals surface area contributed by atoms with Gasteiger partial charge in [-0.15, -0.1) is 11.3 Å². The van der Waals surface area contributed by atoms with Crippen molar-refractivity contribution in [2.24, 2.45) is 5.92 Å². The van der Waals surface area contributed by atoms with E-state index in [0.29, 0.717) is 16.5 Å². The molecule has 0 bridgehead atoms. The minimum atomic E-state index is -0.298. The molecule has 6 nitrogen and oxygen atoms in total. The maximum Gasteiger partial charge on any atom is 0.279 e.